The molecule has 2 heterocycles. The third-order valence-corrected chi connectivity index (χ3v) is 5.14. The number of nitrogens with zero attached hydrogens (tertiary/aromatic N) is 3. The van der Waals surface area contributed by atoms with Crippen molar-refractivity contribution >= 4 is 40.1 Å². The first-order valence-corrected chi connectivity index (χ1v) is 9.32. The number of halogens is 1. The Morgan fingerprint density at radius 2 is 2.04 bits per heavy atom. The summed E-state index contributed by atoms with van der Waals surface area (Å²) in [7, 11) is 1.63. The van der Waals surface area contributed by atoms with Crippen molar-refractivity contribution in [1.82, 2.24) is 14.6 Å². The lowest BCUT2D eigenvalue weighted by Gasteiger charge is -2.02. The van der Waals surface area contributed by atoms with Crippen LogP contribution < -0.4 is 14.8 Å². The minimum Gasteiger partial charge on any atom is -0.496 e. The third kappa shape index (κ3) is 3.49. The summed E-state index contributed by atoms with van der Waals surface area (Å²) >= 11 is 7.30. The van der Waals surface area contributed by atoms with E-state index < -0.39 is 0 Å². The molecule has 0 atom stereocenters. The molecule has 0 aliphatic carbocycles. The quantitative estimate of drug-likeness (QED) is 0.528. The standard InChI is InChI=1S/C20H14ClN3O2S/c1-26-16-10-3-2-6-13(16)7-5-11-17-19(25)24-20(27-17)22-18(23-24)14-8-4-9-15(21)12-14/h2-12H,1H3/b7-5+,17-11+. The fourth-order valence-corrected chi connectivity index (χ4v) is 3.69. The van der Waals surface area contributed by atoms with E-state index in [2.05, 4.69) is 10.1 Å². The molecule has 0 aliphatic heterocycles. The topological polar surface area (TPSA) is 56.5 Å². The van der Waals surface area contributed by atoms with Crippen molar-refractivity contribution in [2.45, 2.75) is 0 Å². The van der Waals surface area contributed by atoms with Crippen molar-refractivity contribution < 1.29 is 4.74 Å². The highest BCUT2D eigenvalue weighted by Crippen LogP contribution is 2.20. The van der Waals surface area contributed by atoms with Crippen LogP contribution in [0.3, 0.4) is 0 Å². The average molecular weight is 396 g/mol. The summed E-state index contributed by atoms with van der Waals surface area (Å²) in [6, 6.07) is 14.9. The normalized spacial score (nSPS) is 12.3. The third-order valence-electron chi connectivity index (χ3n) is 3.93. The first kappa shape index (κ1) is 17.5. The van der Waals surface area contributed by atoms with Crippen LogP contribution in [0.1, 0.15) is 5.56 Å². The van der Waals surface area contributed by atoms with E-state index in [4.69, 9.17) is 16.3 Å². The molecule has 0 unspecified atom stereocenters. The van der Waals surface area contributed by atoms with E-state index in [0.717, 1.165) is 16.9 Å². The number of benzene rings is 2. The van der Waals surface area contributed by atoms with Crippen LogP contribution >= 0.6 is 22.9 Å². The first-order valence-electron chi connectivity index (χ1n) is 8.12. The molecule has 4 aromatic rings. The molecule has 0 radical (unpaired) electrons. The number of thiazole rings is 1. The maximum Gasteiger partial charge on any atom is 0.291 e. The Kier molecular flexibility index (Phi) is 4.75. The molecule has 0 spiro atoms. The van der Waals surface area contributed by atoms with Gasteiger partial charge in [0, 0.05) is 16.1 Å². The van der Waals surface area contributed by atoms with Crippen molar-refractivity contribution in [2.24, 2.45) is 0 Å². The molecule has 7 heteroatoms. The Labute approximate surface area is 163 Å². The summed E-state index contributed by atoms with van der Waals surface area (Å²) in [5.41, 5.74) is 1.52. The molecule has 0 amide bonds. The van der Waals surface area contributed by atoms with Crippen LogP contribution in [-0.2, 0) is 0 Å². The van der Waals surface area contributed by atoms with E-state index in [0.29, 0.717) is 20.3 Å². The highest BCUT2D eigenvalue weighted by atomic mass is 35.5. The van der Waals surface area contributed by atoms with E-state index in [1.54, 1.807) is 25.3 Å². The molecule has 0 bridgehead atoms. The Hall–Kier alpha value is -2.96. The number of hydrogen-bond donors (Lipinski definition) is 0. The molecule has 0 aliphatic rings. The highest BCUT2D eigenvalue weighted by Gasteiger charge is 2.11. The number of ether oxygens (including phenoxy) is 1. The Balaban J connectivity index is 1.68. The molecule has 5 nitrogen and oxygen atoms in total. The summed E-state index contributed by atoms with van der Waals surface area (Å²) < 4.78 is 7.20. The summed E-state index contributed by atoms with van der Waals surface area (Å²) in [5, 5.41) is 4.92. The summed E-state index contributed by atoms with van der Waals surface area (Å²) in [6.45, 7) is 0. The number of rotatable bonds is 4. The lowest BCUT2D eigenvalue weighted by atomic mass is 10.2. The summed E-state index contributed by atoms with van der Waals surface area (Å²) in [4.78, 5) is 17.6. The van der Waals surface area contributed by atoms with Gasteiger partial charge in [0.05, 0.1) is 11.6 Å². The number of fused-ring (bicyclic) bond motifs is 1. The van der Waals surface area contributed by atoms with Gasteiger partial charge < -0.3 is 4.74 Å². The molecular formula is C20H14ClN3O2S. The fourth-order valence-electron chi connectivity index (χ4n) is 2.64. The largest absolute Gasteiger partial charge is 0.496 e. The molecule has 0 saturated heterocycles. The van der Waals surface area contributed by atoms with Crippen LogP contribution in [0.4, 0.5) is 0 Å². The van der Waals surface area contributed by atoms with Gasteiger partial charge >= 0.3 is 0 Å². The van der Waals surface area contributed by atoms with Crippen LogP contribution in [0.5, 0.6) is 5.75 Å². The van der Waals surface area contributed by atoms with Crippen molar-refractivity contribution in [3.05, 3.63) is 80.1 Å². The lowest BCUT2D eigenvalue weighted by molar-refractivity contribution is 0.414. The van der Waals surface area contributed by atoms with Gasteiger partial charge in [0.25, 0.3) is 5.56 Å². The van der Waals surface area contributed by atoms with Crippen LogP contribution in [0, 0.1) is 0 Å². The van der Waals surface area contributed by atoms with Crippen LogP contribution in [-0.4, -0.2) is 21.7 Å². The summed E-state index contributed by atoms with van der Waals surface area (Å²) in [6.07, 6.45) is 5.48. The molecule has 2 aromatic carbocycles. The van der Waals surface area contributed by atoms with Crippen molar-refractivity contribution in [1.29, 1.82) is 0 Å². The average Bonchev–Trinajstić information content (AvgIpc) is 3.22. The van der Waals surface area contributed by atoms with Gasteiger partial charge in [-0.05, 0) is 24.3 Å². The van der Waals surface area contributed by atoms with Crippen LogP contribution in [0.25, 0.3) is 28.5 Å². The molecule has 0 N–H and O–H groups in total. The van der Waals surface area contributed by atoms with Crippen LogP contribution in [0.15, 0.2) is 59.4 Å². The zero-order valence-electron chi connectivity index (χ0n) is 14.3. The number of methoxy groups -OCH3 is 1. The maximum absolute atomic E-state index is 12.6. The second-order valence-electron chi connectivity index (χ2n) is 5.68. The Morgan fingerprint density at radius 3 is 2.81 bits per heavy atom. The van der Waals surface area contributed by atoms with Gasteiger partial charge in [-0.3, -0.25) is 4.79 Å². The number of para-hydroxylation sites is 1. The van der Waals surface area contributed by atoms with Gasteiger partial charge in [0.1, 0.15) is 5.75 Å². The molecule has 0 fully saturated rings. The smallest absolute Gasteiger partial charge is 0.291 e. The van der Waals surface area contributed by atoms with Gasteiger partial charge in [0.2, 0.25) is 4.96 Å². The molecule has 2 aromatic heterocycles. The maximum atomic E-state index is 12.6. The van der Waals surface area contributed by atoms with Gasteiger partial charge in [-0.2, -0.15) is 9.50 Å². The van der Waals surface area contributed by atoms with Gasteiger partial charge in [0.15, 0.2) is 5.82 Å². The first-order chi connectivity index (χ1) is 13.2. The number of aromatic nitrogens is 3. The molecule has 27 heavy (non-hydrogen) atoms. The van der Waals surface area contributed by atoms with E-state index in [1.165, 1.54) is 15.9 Å². The lowest BCUT2D eigenvalue weighted by Crippen LogP contribution is -2.23. The van der Waals surface area contributed by atoms with Crippen molar-refractivity contribution in [3.63, 3.8) is 0 Å². The Morgan fingerprint density at radius 1 is 1.19 bits per heavy atom. The minimum atomic E-state index is -0.194. The molecule has 134 valence electrons. The fraction of sp³-hybridized carbons (Fsp3) is 0.0500. The predicted octanol–water partition coefficient (Wildman–Crippen LogP) is 3.69. The number of hydrogen-bond acceptors (Lipinski definition) is 5. The minimum absolute atomic E-state index is 0.194. The second kappa shape index (κ2) is 7.34. The predicted molar refractivity (Wildman–Crippen MR) is 109 cm³/mol. The van der Waals surface area contributed by atoms with Crippen molar-refractivity contribution in [3.8, 4) is 17.1 Å². The van der Waals surface area contributed by atoms with Gasteiger partial charge in [-0.1, -0.05) is 65.4 Å². The molecule has 4 rings (SSSR count). The van der Waals surface area contributed by atoms with E-state index in [1.807, 2.05) is 48.6 Å². The van der Waals surface area contributed by atoms with Gasteiger partial charge in [-0.25, -0.2) is 0 Å². The Bertz CT molecular complexity index is 1260. The second-order valence-corrected chi connectivity index (χ2v) is 7.12. The van der Waals surface area contributed by atoms with Crippen LogP contribution in [0.2, 0.25) is 5.02 Å². The SMILES string of the molecule is COc1ccccc1/C=C/C=c1/sc2nc(-c3cccc(Cl)c3)nn2c1=O. The van der Waals surface area contributed by atoms with Crippen molar-refractivity contribution in [2.75, 3.05) is 7.11 Å². The summed E-state index contributed by atoms with van der Waals surface area (Å²) in [5.74, 6) is 1.26. The molecular weight excluding hydrogens is 382 g/mol. The zero-order chi connectivity index (χ0) is 18.8. The number of allylic oxidation sites excluding steroid dienone is 1. The highest BCUT2D eigenvalue weighted by molar-refractivity contribution is 7.15. The zero-order valence-corrected chi connectivity index (χ0v) is 15.9. The molecule has 0 saturated carbocycles. The van der Waals surface area contributed by atoms with Gasteiger partial charge in [-0.15, -0.1) is 5.10 Å². The van der Waals surface area contributed by atoms with E-state index in [-0.39, 0.29) is 5.56 Å². The van der Waals surface area contributed by atoms with E-state index in [9.17, 15) is 4.79 Å². The van der Waals surface area contributed by atoms with E-state index >= 15 is 0 Å². The monoisotopic (exact) mass is 395 g/mol.